The summed E-state index contributed by atoms with van der Waals surface area (Å²) in [5.74, 6) is 0.297. The first-order valence-electron chi connectivity index (χ1n) is 8.79. The molecule has 4 nitrogen and oxygen atoms in total. The van der Waals surface area contributed by atoms with E-state index in [-0.39, 0.29) is 17.2 Å². The molecular weight excluding hydrogens is 354 g/mol. The van der Waals surface area contributed by atoms with Crippen molar-refractivity contribution in [1.29, 1.82) is 0 Å². The van der Waals surface area contributed by atoms with Crippen molar-refractivity contribution in [3.8, 4) is 0 Å². The maximum Gasteiger partial charge on any atom is 0.229 e. The van der Waals surface area contributed by atoms with Gasteiger partial charge in [-0.15, -0.1) is 11.3 Å². The van der Waals surface area contributed by atoms with E-state index in [4.69, 9.17) is 11.6 Å². The second-order valence-corrected chi connectivity index (χ2v) is 8.64. The first kappa shape index (κ1) is 17.0. The molecular formula is C19H22ClN3OS. The van der Waals surface area contributed by atoms with E-state index < -0.39 is 0 Å². The van der Waals surface area contributed by atoms with Crippen LogP contribution < -0.4 is 10.6 Å². The highest BCUT2D eigenvalue weighted by molar-refractivity contribution is 7.15. The van der Waals surface area contributed by atoms with Gasteiger partial charge in [0.25, 0.3) is 0 Å². The molecule has 1 saturated carbocycles. The lowest BCUT2D eigenvalue weighted by molar-refractivity contribution is -0.118. The molecule has 25 heavy (non-hydrogen) atoms. The zero-order chi connectivity index (χ0) is 17.4. The average Bonchev–Trinajstić information content (AvgIpc) is 3.18. The molecule has 1 aliphatic carbocycles. The summed E-state index contributed by atoms with van der Waals surface area (Å²) in [5, 5.41) is 7.91. The Morgan fingerprint density at radius 1 is 1.40 bits per heavy atom. The number of amides is 1. The third kappa shape index (κ3) is 3.46. The van der Waals surface area contributed by atoms with Gasteiger partial charge in [0.15, 0.2) is 5.13 Å². The molecule has 1 unspecified atom stereocenters. The number of hydrogen-bond donors (Lipinski definition) is 2. The third-order valence-corrected chi connectivity index (χ3v) is 6.98. The minimum atomic E-state index is 0.139. The molecule has 1 aromatic carbocycles. The number of aryl methyl sites for hydroxylation is 1. The fourth-order valence-corrected chi connectivity index (χ4v) is 5.04. The largest absolute Gasteiger partial charge is 0.317 e. The van der Waals surface area contributed by atoms with Crippen LogP contribution in [0.15, 0.2) is 24.3 Å². The zero-order valence-electron chi connectivity index (χ0n) is 14.3. The number of anilines is 1. The van der Waals surface area contributed by atoms with Crippen LogP contribution >= 0.6 is 22.9 Å². The van der Waals surface area contributed by atoms with Gasteiger partial charge in [-0.05, 0) is 56.3 Å². The van der Waals surface area contributed by atoms with Gasteiger partial charge < -0.3 is 10.6 Å². The predicted octanol–water partition coefficient (Wildman–Crippen LogP) is 4.02. The van der Waals surface area contributed by atoms with Crippen molar-refractivity contribution in [3.05, 3.63) is 45.4 Å². The molecule has 1 saturated heterocycles. The molecule has 0 radical (unpaired) electrons. The summed E-state index contributed by atoms with van der Waals surface area (Å²) in [6.07, 6.45) is 3.99. The Morgan fingerprint density at radius 3 is 2.92 bits per heavy atom. The Hall–Kier alpha value is -1.43. The number of benzene rings is 1. The van der Waals surface area contributed by atoms with Crippen LogP contribution in [0.1, 0.15) is 35.4 Å². The SMILES string of the molecule is Cc1nc(NC(=O)C2CC23CCNCC3)sc1Cc1ccccc1Cl. The van der Waals surface area contributed by atoms with Gasteiger partial charge in [-0.25, -0.2) is 4.98 Å². The number of aromatic nitrogens is 1. The number of piperidine rings is 1. The van der Waals surface area contributed by atoms with Crippen LogP contribution in [0.5, 0.6) is 0 Å². The lowest BCUT2D eigenvalue weighted by Crippen LogP contribution is -2.31. The van der Waals surface area contributed by atoms with Gasteiger partial charge in [-0.3, -0.25) is 4.79 Å². The highest BCUT2D eigenvalue weighted by atomic mass is 35.5. The van der Waals surface area contributed by atoms with Gasteiger partial charge in [0.2, 0.25) is 5.91 Å². The van der Waals surface area contributed by atoms with Crippen molar-refractivity contribution in [2.75, 3.05) is 18.4 Å². The van der Waals surface area contributed by atoms with E-state index in [0.29, 0.717) is 5.13 Å². The number of nitrogens with one attached hydrogen (secondary N) is 2. The Morgan fingerprint density at radius 2 is 2.16 bits per heavy atom. The van der Waals surface area contributed by atoms with Crippen LogP contribution in [0.3, 0.4) is 0 Å². The standard InChI is InChI=1S/C19H22ClN3OS/c1-12-16(10-13-4-2-3-5-15(13)20)25-18(22-12)23-17(24)14-11-19(14)6-8-21-9-7-19/h2-5,14,21H,6-11H2,1H3,(H,22,23,24). The number of carbonyl (C=O) groups is 1. The summed E-state index contributed by atoms with van der Waals surface area (Å²) in [5.41, 5.74) is 2.31. The molecule has 2 aliphatic rings. The highest BCUT2D eigenvalue weighted by Crippen LogP contribution is 2.58. The molecule has 132 valence electrons. The molecule has 6 heteroatoms. The van der Waals surface area contributed by atoms with Crippen molar-refractivity contribution in [1.82, 2.24) is 10.3 Å². The van der Waals surface area contributed by atoms with E-state index >= 15 is 0 Å². The fourth-order valence-electron chi connectivity index (χ4n) is 3.85. The molecule has 1 amide bonds. The normalized spacial score (nSPS) is 21.3. The number of rotatable bonds is 4. The minimum Gasteiger partial charge on any atom is -0.317 e. The maximum atomic E-state index is 12.6. The summed E-state index contributed by atoms with van der Waals surface area (Å²) in [6.45, 7) is 4.05. The monoisotopic (exact) mass is 375 g/mol. The number of halogens is 1. The second-order valence-electron chi connectivity index (χ2n) is 7.15. The zero-order valence-corrected chi connectivity index (χ0v) is 15.8. The minimum absolute atomic E-state index is 0.139. The van der Waals surface area contributed by atoms with Crippen LogP contribution in [-0.4, -0.2) is 24.0 Å². The lowest BCUT2D eigenvalue weighted by atomic mass is 9.92. The third-order valence-electron chi connectivity index (χ3n) is 5.54. The molecule has 2 heterocycles. The summed E-state index contributed by atoms with van der Waals surface area (Å²) in [6, 6.07) is 7.86. The van der Waals surface area contributed by atoms with Gasteiger partial charge in [0.1, 0.15) is 0 Å². The Labute approximate surface area is 157 Å². The average molecular weight is 376 g/mol. The van der Waals surface area contributed by atoms with E-state index in [0.717, 1.165) is 59.9 Å². The molecule has 1 aliphatic heterocycles. The topological polar surface area (TPSA) is 54.0 Å². The van der Waals surface area contributed by atoms with Crippen molar-refractivity contribution >= 4 is 34.0 Å². The summed E-state index contributed by atoms with van der Waals surface area (Å²) in [7, 11) is 0. The maximum absolute atomic E-state index is 12.6. The molecule has 0 bridgehead atoms. The van der Waals surface area contributed by atoms with Crippen LogP contribution in [0, 0.1) is 18.3 Å². The molecule has 4 rings (SSSR count). The predicted molar refractivity (Wildman–Crippen MR) is 102 cm³/mol. The first-order chi connectivity index (χ1) is 12.1. The molecule has 1 atom stereocenters. The first-order valence-corrected chi connectivity index (χ1v) is 9.98. The van der Waals surface area contributed by atoms with Crippen molar-refractivity contribution in [2.45, 2.75) is 32.6 Å². The van der Waals surface area contributed by atoms with Crippen LogP contribution in [-0.2, 0) is 11.2 Å². The summed E-state index contributed by atoms with van der Waals surface area (Å²) < 4.78 is 0. The Bertz CT molecular complexity index is 798. The van der Waals surface area contributed by atoms with Crippen LogP contribution in [0.2, 0.25) is 5.02 Å². The van der Waals surface area contributed by atoms with Gasteiger partial charge >= 0.3 is 0 Å². The Kier molecular flexibility index (Phi) is 4.56. The van der Waals surface area contributed by atoms with Gasteiger partial charge in [0.05, 0.1) is 5.69 Å². The molecule has 2 aromatic rings. The fraction of sp³-hybridized carbons (Fsp3) is 0.474. The number of hydrogen-bond acceptors (Lipinski definition) is 4. The van der Waals surface area contributed by atoms with Crippen molar-refractivity contribution in [2.24, 2.45) is 11.3 Å². The number of nitrogens with zero attached hydrogens (tertiary/aromatic N) is 1. The molecule has 1 aromatic heterocycles. The number of thiazole rings is 1. The van der Waals surface area contributed by atoms with Crippen LogP contribution in [0.4, 0.5) is 5.13 Å². The van der Waals surface area contributed by atoms with Gasteiger partial charge in [0, 0.05) is 22.2 Å². The van der Waals surface area contributed by atoms with Crippen LogP contribution in [0.25, 0.3) is 0 Å². The smallest absolute Gasteiger partial charge is 0.229 e. The lowest BCUT2D eigenvalue weighted by Gasteiger charge is -2.22. The summed E-state index contributed by atoms with van der Waals surface area (Å²) >= 11 is 7.82. The van der Waals surface area contributed by atoms with Gasteiger partial charge in [-0.1, -0.05) is 29.8 Å². The van der Waals surface area contributed by atoms with E-state index in [1.165, 1.54) is 0 Å². The van der Waals surface area contributed by atoms with Crippen molar-refractivity contribution in [3.63, 3.8) is 0 Å². The summed E-state index contributed by atoms with van der Waals surface area (Å²) in [4.78, 5) is 18.3. The van der Waals surface area contributed by atoms with Crippen molar-refractivity contribution < 1.29 is 4.79 Å². The molecule has 2 fully saturated rings. The van der Waals surface area contributed by atoms with E-state index in [1.54, 1.807) is 11.3 Å². The molecule has 2 N–H and O–H groups in total. The number of carbonyl (C=O) groups excluding carboxylic acids is 1. The second kappa shape index (κ2) is 6.71. The Balaban J connectivity index is 1.42. The van der Waals surface area contributed by atoms with E-state index in [1.807, 2.05) is 31.2 Å². The highest BCUT2D eigenvalue weighted by Gasteiger charge is 2.57. The quantitative estimate of drug-likeness (QED) is 0.848. The van der Waals surface area contributed by atoms with E-state index in [2.05, 4.69) is 15.6 Å². The van der Waals surface area contributed by atoms with Gasteiger partial charge in [-0.2, -0.15) is 0 Å². The molecule has 1 spiro atoms. The van der Waals surface area contributed by atoms with E-state index in [9.17, 15) is 4.79 Å².